The van der Waals surface area contributed by atoms with E-state index < -0.39 is 0 Å². The van der Waals surface area contributed by atoms with Gasteiger partial charge < -0.3 is 19.8 Å². The maximum Gasteiger partial charge on any atom is 0.255 e. The molecule has 0 aliphatic heterocycles. The molecule has 0 aliphatic carbocycles. The van der Waals surface area contributed by atoms with E-state index in [0.29, 0.717) is 52.9 Å². The molecule has 0 aliphatic rings. The van der Waals surface area contributed by atoms with E-state index in [1.54, 1.807) is 36.4 Å². The summed E-state index contributed by atoms with van der Waals surface area (Å²) >= 11 is 0. The topological polar surface area (TPSA) is 93.3 Å². The van der Waals surface area contributed by atoms with Crippen LogP contribution in [0.4, 0.5) is 5.69 Å². The molecule has 2 aromatic carbocycles. The Morgan fingerprint density at radius 1 is 1.10 bits per heavy atom. The summed E-state index contributed by atoms with van der Waals surface area (Å²) in [7, 11) is 1.53. The molecule has 1 heterocycles. The summed E-state index contributed by atoms with van der Waals surface area (Å²) in [4.78, 5) is 31.7. The molecule has 1 amide bonds. The number of hydrogen-bond acceptors (Lipinski definition) is 5. The first-order valence-corrected chi connectivity index (χ1v) is 9.37. The molecule has 0 fully saturated rings. The van der Waals surface area contributed by atoms with Crippen molar-refractivity contribution in [3.63, 3.8) is 0 Å². The lowest BCUT2D eigenvalue weighted by atomic mass is 10.1. The number of aromatic amines is 1. The van der Waals surface area contributed by atoms with Crippen molar-refractivity contribution < 1.29 is 14.3 Å². The average molecular weight is 393 g/mol. The van der Waals surface area contributed by atoms with Crippen LogP contribution < -0.4 is 20.3 Å². The summed E-state index contributed by atoms with van der Waals surface area (Å²) in [6, 6.07) is 13.7. The smallest absolute Gasteiger partial charge is 0.255 e. The van der Waals surface area contributed by atoms with Crippen LogP contribution in [0.2, 0.25) is 0 Å². The molecule has 150 valence electrons. The number of rotatable bonds is 7. The van der Waals surface area contributed by atoms with E-state index in [9.17, 15) is 9.59 Å². The first-order valence-electron chi connectivity index (χ1n) is 9.37. The molecular formula is C22H23N3O4. The van der Waals surface area contributed by atoms with E-state index in [1.807, 2.05) is 19.9 Å². The Kier molecular flexibility index (Phi) is 6.29. The number of carbonyl (C=O) groups is 1. The van der Waals surface area contributed by atoms with E-state index in [2.05, 4.69) is 15.3 Å². The molecule has 0 saturated heterocycles. The van der Waals surface area contributed by atoms with Crippen molar-refractivity contribution in [1.29, 1.82) is 0 Å². The highest BCUT2D eigenvalue weighted by Gasteiger charge is 2.12. The molecule has 3 aromatic rings. The van der Waals surface area contributed by atoms with Crippen molar-refractivity contribution in [2.75, 3.05) is 19.0 Å². The van der Waals surface area contributed by atoms with E-state index in [4.69, 9.17) is 9.47 Å². The lowest BCUT2D eigenvalue weighted by Crippen LogP contribution is -2.13. The zero-order valence-electron chi connectivity index (χ0n) is 16.6. The average Bonchev–Trinajstić information content (AvgIpc) is 2.73. The highest BCUT2D eigenvalue weighted by molar-refractivity contribution is 6.04. The summed E-state index contributed by atoms with van der Waals surface area (Å²) in [6.07, 6.45) is 0.660. The largest absolute Gasteiger partial charge is 0.493 e. The lowest BCUT2D eigenvalue weighted by Gasteiger charge is -2.12. The zero-order valence-corrected chi connectivity index (χ0v) is 16.6. The van der Waals surface area contributed by atoms with Crippen molar-refractivity contribution in [2.45, 2.75) is 20.3 Å². The number of nitrogens with zero attached hydrogens (tertiary/aromatic N) is 1. The number of aryl methyl sites for hydroxylation is 1. The van der Waals surface area contributed by atoms with Crippen molar-refractivity contribution in [2.24, 2.45) is 0 Å². The van der Waals surface area contributed by atoms with Gasteiger partial charge in [-0.3, -0.25) is 9.59 Å². The lowest BCUT2D eigenvalue weighted by molar-refractivity contribution is 0.102. The van der Waals surface area contributed by atoms with E-state index >= 15 is 0 Å². The molecule has 1 aromatic heterocycles. The second kappa shape index (κ2) is 9.05. The first kappa shape index (κ1) is 20.1. The fourth-order valence-corrected chi connectivity index (χ4v) is 2.86. The number of aromatic nitrogens is 2. The fraction of sp³-hybridized carbons (Fsp3) is 0.227. The van der Waals surface area contributed by atoms with Crippen LogP contribution >= 0.6 is 0 Å². The number of nitrogens with one attached hydrogen (secondary N) is 2. The predicted octanol–water partition coefficient (Wildman–Crippen LogP) is 3.66. The summed E-state index contributed by atoms with van der Waals surface area (Å²) in [5.41, 5.74) is 2.24. The third-order valence-electron chi connectivity index (χ3n) is 4.28. The van der Waals surface area contributed by atoms with Gasteiger partial charge >= 0.3 is 0 Å². The SMILES string of the molecule is CCOc1ccc(C(=O)Nc2cccc(-c3nc(CC)cc(=O)[nH]3)c2)cc1OC. The molecule has 0 radical (unpaired) electrons. The number of amides is 1. The van der Waals surface area contributed by atoms with Crippen LogP contribution in [0.15, 0.2) is 53.3 Å². The minimum atomic E-state index is -0.285. The summed E-state index contributed by atoms with van der Waals surface area (Å²) < 4.78 is 10.8. The minimum Gasteiger partial charge on any atom is -0.493 e. The Balaban J connectivity index is 1.84. The Bertz CT molecular complexity index is 1080. The van der Waals surface area contributed by atoms with Gasteiger partial charge in [-0.2, -0.15) is 0 Å². The van der Waals surface area contributed by atoms with Gasteiger partial charge in [-0.05, 0) is 43.7 Å². The number of benzene rings is 2. The van der Waals surface area contributed by atoms with Gasteiger partial charge in [0.2, 0.25) is 0 Å². The molecule has 0 unspecified atom stereocenters. The highest BCUT2D eigenvalue weighted by atomic mass is 16.5. The van der Waals surface area contributed by atoms with E-state index in [-0.39, 0.29) is 11.5 Å². The highest BCUT2D eigenvalue weighted by Crippen LogP contribution is 2.28. The van der Waals surface area contributed by atoms with Gasteiger partial charge in [-0.1, -0.05) is 19.1 Å². The molecular weight excluding hydrogens is 370 g/mol. The zero-order chi connectivity index (χ0) is 20.8. The van der Waals surface area contributed by atoms with Gasteiger partial charge in [0.15, 0.2) is 11.5 Å². The van der Waals surface area contributed by atoms with Crippen LogP contribution in [-0.2, 0) is 6.42 Å². The number of methoxy groups -OCH3 is 1. The quantitative estimate of drug-likeness (QED) is 0.639. The molecule has 3 rings (SSSR count). The fourth-order valence-electron chi connectivity index (χ4n) is 2.86. The van der Waals surface area contributed by atoms with Crippen LogP contribution in [0.1, 0.15) is 29.9 Å². The number of ether oxygens (including phenoxy) is 2. The normalized spacial score (nSPS) is 10.4. The molecule has 0 spiro atoms. The van der Waals surface area contributed by atoms with Crippen molar-refractivity contribution in [3.05, 3.63) is 70.1 Å². The van der Waals surface area contributed by atoms with Crippen LogP contribution in [-0.4, -0.2) is 29.6 Å². The molecule has 7 nitrogen and oxygen atoms in total. The molecule has 7 heteroatoms. The molecule has 0 saturated carbocycles. The summed E-state index contributed by atoms with van der Waals surface area (Å²) in [5, 5.41) is 2.86. The number of anilines is 1. The molecule has 0 atom stereocenters. The van der Waals surface area contributed by atoms with Gasteiger partial charge in [0.1, 0.15) is 5.82 Å². The predicted molar refractivity (Wildman–Crippen MR) is 112 cm³/mol. The molecule has 29 heavy (non-hydrogen) atoms. The maximum absolute atomic E-state index is 12.7. The Hall–Kier alpha value is -3.61. The van der Waals surface area contributed by atoms with Gasteiger partial charge in [0.25, 0.3) is 11.5 Å². The van der Waals surface area contributed by atoms with Crippen LogP contribution in [0.3, 0.4) is 0 Å². The standard InChI is InChI=1S/C22H23N3O4/c1-4-16-13-20(26)25-21(23-16)14-7-6-8-17(11-14)24-22(27)15-9-10-18(29-5-2)19(12-15)28-3/h6-13H,4-5H2,1-3H3,(H,24,27)(H,23,25,26). The van der Waals surface area contributed by atoms with E-state index in [0.717, 1.165) is 0 Å². The Labute approximate surface area is 168 Å². The molecule has 2 N–H and O–H groups in total. The van der Waals surface area contributed by atoms with Crippen molar-refractivity contribution >= 4 is 11.6 Å². The van der Waals surface area contributed by atoms with Crippen LogP contribution in [0, 0.1) is 0 Å². The second-order valence-corrected chi connectivity index (χ2v) is 6.27. The van der Waals surface area contributed by atoms with Crippen molar-refractivity contribution in [1.82, 2.24) is 9.97 Å². The van der Waals surface area contributed by atoms with Gasteiger partial charge in [-0.15, -0.1) is 0 Å². The Morgan fingerprint density at radius 2 is 1.93 bits per heavy atom. The number of H-pyrrole nitrogens is 1. The maximum atomic E-state index is 12.7. The second-order valence-electron chi connectivity index (χ2n) is 6.27. The Morgan fingerprint density at radius 3 is 2.66 bits per heavy atom. The molecule has 0 bridgehead atoms. The van der Waals surface area contributed by atoms with Crippen LogP contribution in [0.5, 0.6) is 11.5 Å². The summed E-state index contributed by atoms with van der Waals surface area (Å²) in [5.74, 6) is 1.26. The third kappa shape index (κ3) is 4.82. The number of carbonyl (C=O) groups excluding carboxylic acids is 1. The van der Waals surface area contributed by atoms with Gasteiger partial charge in [-0.25, -0.2) is 4.98 Å². The van der Waals surface area contributed by atoms with Gasteiger partial charge in [0, 0.05) is 28.6 Å². The monoisotopic (exact) mass is 393 g/mol. The number of hydrogen-bond donors (Lipinski definition) is 2. The minimum absolute atomic E-state index is 0.206. The first-order chi connectivity index (χ1) is 14.0. The third-order valence-corrected chi connectivity index (χ3v) is 4.28. The van der Waals surface area contributed by atoms with E-state index in [1.165, 1.54) is 13.2 Å². The summed E-state index contributed by atoms with van der Waals surface area (Å²) in [6.45, 7) is 4.32. The van der Waals surface area contributed by atoms with Crippen LogP contribution in [0.25, 0.3) is 11.4 Å². The van der Waals surface area contributed by atoms with Crippen molar-refractivity contribution in [3.8, 4) is 22.9 Å². The van der Waals surface area contributed by atoms with Gasteiger partial charge in [0.05, 0.1) is 13.7 Å².